The largest absolute Gasteiger partial charge is 0.339 e. The van der Waals surface area contributed by atoms with E-state index in [1.54, 1.807) is 4.90 Å². The molecule has 7 heteroatoms. The van der Waals surface area contributed by atoms with E-state index < -0.39 is 10.0 Å². The minimum Gasteiger partial charge on any atom is -0.339 e. The second kappa shape index (κ2) is 8.60. The molecule has 1 amide bonds. The third-order valence-corrected chi connectivity index (χ3v) is 5.70. The predicted molar refractivity (Wildman–Crippen MR) is 95.3 cm³/mol. The van der Waals surface area contributed by atoms with Crippen molar-refractivity contribution in [3.05, 3.63) is 35.9 Å². The molecule has 1 aliphatic heterocycles. The van der Waals surface area contributed by atoms with Gasteiger partial charge in [0.15, 0.2) is 0 Å². The van der Waals surface area contributed by atoms with Crippen molar-refractivity contribution >= 4 is 15.9 Å². The number of nitrogens with zero attached hydrogens (tertiary/aromatic N) is 3. The van der Waals surface area contributed by atoms with Gasteiger partial charge in [-0.25, -0.2) is 8.42 Å². The van der Waals surface area contributed by atoms with Crippen molar-refractivity contribution in [3.8, 4) is 0 Å². The zero-order chi connectivity index (χ0) is 17.6. The number of piperazine rings is 1. The molecule has 1 fully saturated rings. The van der Waals surface area contributed by atoms with Crippen LogP contribution in [0.5, 0.6) is 0 Å². The zero-order valence-corrected chi connectivity index (χ0v) is 15.3. The molecule has 1 saturated heterocycles. The van der Waals surface area contributed by atoms with Crippen molar-refractivity contribution in [3.63, 3.8) is 0 Å². The lowest BCUT2D eigenvalue weighted by molar-refractivity contribution is -0.133. The number of amides is 1. The molecule has 24 heavy (non-hydrogen) atoms. The summed E-state index contributed by atoms with van der Waals surface area (Å²) in [5, 5.41) is 0. The van der Waals surface area contributed by atoms with Crippen LogP contribution in [0.2, 0.25) is 0 Å². The highest BCUT2D eigenvalue weighted by Gasteiger charge is 2.25. The molecule has 0 spiro atoms. The zero-order valence-electron chi connectivity index (χ0n) is 14.5. The molecule has 134 valence electrons. The standard InChI is InChI=1S/C17H27N3O3S/c1-3-18-11-13-19(14-12-18)17(21)15-20(24(2,22)23)10-9-16-7-5-4-6-8-16/h4-8H,3,9-15H2,1-2H3. The molecule has 1 heterocycles. The molecule has 0 radical (unpaired) electrons. The summed E-state index contributed by atoms with van der Waals surface area (Å²) >= 11 is 0. The summed E-state index contributed by atoms with van der Waals surface area (Å²) in [5.41, 5.74) is 1.06. The van der Waals surface area contributed by atoms with Crippen molar-refractivity contribution in [2.75, 3.05) is 52.1 Å². The summed E-state index contributed by atoms with van der Waals surface area (Å²) in [6.07, 6.45) is 1.77. The molecule has 0 saturated carbocycles. The first-order valence-corrected chi connectivity index (χ1v) is 10.2. The quantitative estimate of drug-likeness (QED) is 0.722. The molecule has 0 aliphatic carbocycles. The second-order valence-corrected chi connectivity index (χ2v) is 8.13. The average molecular weight is 353 g/mol. The summed E-state index contributed by atoms with van der Waals surface area (Å²) in [4.78, 5) is 16.5. The maximum Gasteiger partial charge on any atom is 0.237 e. The van der Waals surface area contributed by atoms with Crippen LogP contribution < -0.4 is 0 Å². The molecule has 1 aromatic carbocycles. The highest BCUT2D eigenvalue weighted by Crippen LogP contribution is 2.07. The van der Waals surface area contributed by atoms with E-state index >= 15 is 0 Å². The van der Waals surface area contributed by atoms with Gasteiger partial charge >= 0.3 is 0 Å². The number of carbonyl (C=O) groups excluding carboxylic acids is 1. The van der Waals surface area contributed by atoms with Gasteiger partial charge in [0.1, 0.15) is 0 Å². The number of rotatable bonds is 7. The highest BCUT2D eigenvalue weighted by atomic mass is 32.2. The Morgan fingerprint density at radius 3 is 2.29 bits per heavy atom. The fourth-order valence-corrected chi connectivity index (χ4v) is 3.59. The summed E-state index contributed by atoms with van der Waals surface area (Å²) in [6.45, 7) is 6.38. The maximum absolute atomic E-state index is 12.5. The predicted octanol–water partition coefficient (Wildman–Crippen LogP) is 0.655. The number of benzene rings is 1. The Hall–Kier alpha value is -1.44. The third kappa shape index (κ3) is 5.58. The Labute approximate surface area is 145 Å². The van der Waals surface area contributed by atoms with Crippen LogP contribution in [-0.2, 0) is 21.2 Å². The van der Waals surface area contributed by atoms with Gasteiger partial charge in [-0.3, -0.25) is 4.79 Å². The molecule has 0 bridgehead atoms. The molecule has 0 N–H and O–H groups in total. The summed E-state index contributed by atoms with van der Waals surface area (Å²) in [7, 11) is -3.41. The van der Waals surface area contributed by atoms with Crippen LogP contribution >= 0.6 is 0 Å². The number of sulfonamides is 1. The van der Waals surface area contributed by atoms with E-state index in [1.807, 2.05) is 30.3 Å². The van der Waals surface area contributed by atoms with Crippen LogP contribution in [0.15, 0.2) is 30.3 Å². The minimum atomic E-state index is -3.41. The van der Waals surface area contributed by atoms with E-state index in [0.717, 1.165) is 25.2 Å². The first kappa shape index (κ1) is 18.9. The van der Waals surface area contributed by atoms with Gasteiger partial charge in [0.2, 0.25) is 15.9 Å². The van der Waals surface area contributed by atoms with Gasteiger partial charge < -0.3 is 9.80 Å². The molecule has 1 aromatic rings. The Bertz CT molecular complexity index is 626. The lowest BCUT2D eigenvalue weighted by atomic mass is 10.1. The van der Waals surface area contributed by atoms with E-state index in [9.17, 15) is 13.2 Å². The Kier molecular flexibility index (Phi) is 6.77. The first-order chi connectivity index (χ1) is 11.4. The minimum absolute atomic E-state index is 0.0716. The maximum atomic E-state index is 12.5. The highest BCUT2D eigenvalue weighted by molar-refractivity contribution is 7.88. The Morgan fingerprint density at radius 2 is 1.75 bits per heavy atom. The van der Waals surface area contributed by atoms with E-state index in [4.69, 9.17) is 0 Å². The third-order valence-electron chi connectivity index (χ3n) is 4.45. The van der Waals surface area contributed by atoms with Crippen molar-refractivity contribution in [2.24, 2.45) is 0 Å². The van der Waals surface area contributed by atoms with Gasteiger partial charge in [0.25, 0.3) is 0 Å². The number of likely N-dealkylation sites (N-methyl/N-ethyl adjacent to an activating group) is 1. The monoisotopic (exact) mass is 353 g/mol. The summed E-state index contributed by atoms with van der Waals surface area (Å²) in [5.74, 6) is -0.107. The van der Waals surface area contributed by atoms with Gasteiger partial charge in [0.05, 0.1) is 12.8 Å². The molecular formula is C17H27N3O3S. The molecule has 6 nitrogen and oxygen atoms in total. The molecule has 0 aromatic heterocycles. The van der Waals surface area contributed by atoms with Crippen LogP contribution in [0.3, 0.4) is 0 Å². The number of carbonyl (C=O) groups is 1. The van der Waals surface area contributed by atoms with Crippen LogP contribution in [0.25, 0.3) is 0 Å². The van der Waals surface area contributed by atoms with Crippen molar-refractivity contribution in [1.29, 1.82) is 0 Å². The van der Waals surface area contributed by atoms with Crippen LogP contribution in [-0.4, -0.2) is 80.5 Å². The van der Waals surface area contributed by atoms with Crippen molar-refractivity contribution < 1.29 is 13.2 Å². The molecule has 2 rings (SSSR count). The molecule has 1 aliphatic rings. The molecular weight excluding hydrogens is 326 g/mol. The average Bonchev–Trinajstić information content (AvgIpc) is 2.58. The first-order valence-electron chi connectivity index (χ1n) is 8.39. The van der Waals surface area contributed by atoms with Gasteiger partial charge in [-0.1, -0.05) is 37.3 Å². The SMILES string of the molecule is CCN1CCN(C(=O)CN(CCc2ccccc2)S(C)(=O)=O)CC1. The van der Waals surface area contributed by atoms with Gasteiger partial charge in [-0.15, -0.1) is 0 Å². The van der Waals surface area contributed by atoms with Gasteiger partial charge in [-0.05, 0) is 18.5 Å². The van der Waals surface area contributed by atoms with Crippen LogP contribution in [0, 0.1) is 0 Å². The van der Waals surface area contributed by atoms with Gasteiger partial charge in [-0.2, -0.15) is 4.31 Å². The second-order valence-electron chi connectivity index (χ2n) is 6.15. The summed E-state index contributed by atoms with van der Waals surface area (Å²) < 4.78 is 25.3. The van der Waals surface area contributed by atoms with Crippen molar-refractivity contribution in [1.82, 2.24) is 14.1 Å². The molecule has 0 unspecified atom stereocenters. The van der Waals surface area contributed by atoms with E-state index in [2.05, 4.69) is 11.8 Å². The van der Waals surface area contributed by atoms with Crippen molar-refractivity contribution in [2.45, 2.75) is 13.3 Å². The van der Waals surface area contributed by atoms with E-state index in [-0.39, 0.29) is 12.5 Å². The Balaban J connectivity index is 1.92. The lowest BCUT2D eigenvalue weighted by Crippen LogP contribution is -2.51. The Morgan fingerprint density at radius 1 is 1.12 bits per heavy atom. The lowest BCUT2D eigenvalue weighted by Gasteiger charge is -2.35. The number of hydrogen-bond donors (Lipinski definition) is 0. The normalized spacial score (nSPS) is 16.5. The topological polar surface area (TPSA) is 60.9 Å². The fourth-order valence-electron chi connectivity index (χ4n) is 2.82. The fraction of sp³-hybridized carbons (Fsp3) is 0.588. The van der Waals surface area contributed by atoms with Crippen LogP contribution in [0.4, 0.5) is 0 Å². The summed E-state index contributed by atoms with van der Waals surface area (Å²) in [6, 6.07) is 9.72. The smallest absolute Gasteiger partial charge is 0.237 e. The number of hydrogen-bond acceptors (Lipinski definition) is 4. The molecule has 0 atom stereocenters. The van der Waals surface area contributed by atoms with Crippen LogP contribution in [0.1, 0.15) is 12.5 Å². The van der Waals surface area contributed by atoms with E-state index in [1.165, 1.54) is 10.6 Å². The van der Waals surface area contributed by atoms with Gasteiger partial charge in [0, 0.05) is 32.7 Å². The van der Waals surface area contributed by atoms with E-state index in [0.29, 0.717) is 26.1 Å².